The number of methoxy groups -OCH3 is 1. The smallest absolute Gasteiger partial charge is 0.337 e. The van der Waals surface area contributed by atoms with E-state index in [0.717, 1.165) is 16.7 Å². The van der Waals surface area contributed by atoms with Gasteiger partial charge in [0, 0.05) is 12.3 Å². The van der Waals surface area contributed by atoms with Crippen molar-refractivity contribution in [1.29, 1.82) is 0 Å². The normalized spacial score (nSPS) is 17.0. The van der Waals surface area contributed by atoms with Crippen molar-refractivity contribution in [3.05, 3.63) is 107 Å². The molecule has 0 spiro atoms. The summed E-state index contributed by atoms with van der Waals surface area (Å²) in [6, 6.07) is 21.4. The number of esters is 1. The second-order valence-electron chi connectivity index (χ2n) is 8.36. The van der Waals surface area contributed by atoms with Gasteiger partial charge in [0.1, 0.15) is 0 Å². The van der Waals surface area contributed by atoms with E-state index < -0.39 is 18.2 Å². The number of aliphatic hydroxyl groups is 1. The topological polar surface area (TPSA) is 120 Å². The molecule has 0 bridgehead atoms. The Morgan fingerprint density at radius 3 is 2.39 bits per heavy atom. The summed E-state index contributed by atoms with van der Waals surface area (Å²) in [5, 5.41) is 12.0. The number of hydrogen-bond donors (Lipinski definition) is 3. The first kappa shape index (κ1) is 25.0. The Bertz CT molecular complexity index is 1240. The van der Waals surface area contributed by atoms with Gasteiger partial charge in [-0.2, -0.15) is 0 Å². The zero-order valence-corrected chi connectivity index (χ0v) is 19.8. The molecule has 0 aromatic heterocycles. The molecule has 4 rings (SSSR count). The molecule has 1 amide bonds. The van der Waals surface area contributed by atoms with Gasteiger partial charge in [0.25, 0.3) is 5.91 Å². The number of nitrogens with one attached hydrogen (secondary N) is 1. The summed E-state index contributed by atoms with van der Waals surface area (Å²) < 4.78 is 16.7. The van der Waals surface area contributed by atoms with Crippen LogP contribution in [0.4, 0.5) is 11.4 Å². The number of nitrogens with two attached hydrogens (primary N) is 1. The van der Waals surface area contributed by atoms with E-state index in [1.165, 1.54) is 7.11 Å². The van der Waals surface area contributed by atoms with Gasteiger partial charge in [-0.25, -0.2) is 4.79 Å². The molecule has 0 radical (unpaired) electrons. The standard InChI is InChI=1S/C28H28N2O6/c1-34-28(33)21-12-10-20(11-13-21)22-14-25(27(32)30-24-5-3-2-4-23(24)29)36-26(15-22)35-17-19-8-6-18(16-31)7-9-19/h2-14,22,26,31H,15-17,29H2,1H3,(H,30,32). The first-order valence-corrected chi connectivity index (χ1v) is 11.5. The van der Waals surface area contributed by atoms with Crippen molar-refractivity contribution in [1.82, 2.24) is 0 Å². The number of nitrogen functional groups attached to an aromatic ring is 1. The molecule has 2 atom stereocenters. The zero-order valence-electron chi connectivity index (χ0n) is 19.8. The lowest BCUT2D eigenvalue weighted by Gasteiger charge is -2.29. The van der Waals surface area contributed by atoms with E-state index in [0.29, 0.717) is 23.4 Å². The Morgan fingerprint density at radius 1 is 1.03 bits per heavy atom. The molecule has 0 fully saturated rings. The van der Waals surface area contributed by atoms with Crippen molar-refractivity contribution in [2.45, 2.75) is 31.8 Å². The lowest BCUT2D eigenvalue weighted by Crippen LogP contribution is -2.29. The first-order valence-electron chi connectivity index (χ1n) is 11.5. The van der Waals surface area contributed by atoms with Gasteiger partial charge >= 0.3 is 5.97 Å². The van der Waals surface area contributed by atoms with Crippen molar-refractivity contribution < 1.29 is 28.9 Å². The highest BCUT2D eigenvalue weighted by Gasteiger charge is 2.29. The predicted octanol–water partition coefficient (Wildman–Crippen LogP) is 4.12. The Morgan fingerprint density at radius 2 is 1.72 bits per heavy atom. The second-order valence-corrected chi connectivity index (χ2v) is 8.36. The van der Waals surface area contributed by atoms with Crippen molar-refractivity contribution >= 4 is 23.3 Å². The molecule has 0 saturated heterocycles. The highest BCUT2D eigenvalue weighted by atomic mass is 16.7. The van der Waals surface area contributed by atoms with Crippen LogP contribution >= 0.6 is 0 Å². The molecule has 1 aliphatic heterocycles. The lowest BCUT2D eigenvalue weighted by molar-refractivity contribution is -0.147. The number of amides is 1. The fourth-order valence-electron chi connectivity index (χ4n) is 3.86. The van der Waals surface area contributed by atoms with Crippen LogP contribution in [0.25, 0.3) is 0 Å². The summed E-state index contributed by atoms with van der Waals surface area (Å²) in [6.07, 6.45) is 1.53. The summed E-state index contributed by atoms with van der Waals surface area (Å²) in [5.41, 5.74) is 9.96. The van der Waals surface area contributed by atoms with Crippen LogP contribution in [0.15, 0.2) is 84.6 Å². The van der Waals surface area contributed by atoms with E-state index in [1.807, 2.05) is 36.4 Å². The van der Waals surface area contributed by atoms with E-state index >= 15 is 0 Å². The van der Waals surface area contributed by atoms with Gasteiger partial charge in [-0.05, 0) is 47.0 Å². The minimum Gasteiger partial charge on any atom is -0.465 e. The van der Waals surface area contributed by atoms with E-state index in [1.54, 1.807) is 42.5 Å². The molecular weight excluding hydrogens is 460 g/mol. The average Bonchev–Trinajstić information content (AvgIpc) is 2.93. The summed E-state index contributed by atoms with van der Waals surface area (Å²) in [4.78, 5) is 24.9. The summed E-state index contributed by atoms with van der Waals surface area (Å²) in [6.45, 7) is 0.240. The van der Waals surface area contributed by atoms with Gasteiger partial charge in [0.2, 0.25) is 6.29 Å². The largest absolute Gasteiger partial charge is 0.465 e. The number of anilines is 2. The van der Waals surface area contributed by atoms with Crippen molar-refractivity contribution in [2.75, 3.05) is 18.2 Å². The van der Waals surface area contributed by atoms with Crippen LogP contribution in [0, 0.1) is 0 Å². The first-order chi connectivity index (χ1) is 17.5. The van der Waals surface area contributed by atoms with Crippen LogP contribution in [-0.4, -0.2) is 30.4 Å². The third-order valence-corrected chi connectivity index (χ3v) is 5.89. The Hall–Kier alpha value is -4.14. The number of aliphatic hydroxyl groups excluding tert-OH is 1. The lowest BCUT2D eigenvalue weighted by atomic mass is 9.92. The SMILES string of the molecule is COC(=O)c1ccc(C2C=C(C(=O)Nc3ccccc3N)OC(OCc3ccc(CO)cc3)C2)cc1. The van der Waals surface area contributed by atoms with Gasteiger partial charge in [-0.1, -0.05) is 48.5 Å². The minimum absolute atomic E-state index is 0.0292. The Balaban J connectivity index is 1.54. The number of rotatable bonds is 8. The van der Waals surface area contributed by atoms with Crippen LogP contribution < -0.4 is 11.1 Å². The third-order valence-electron chi connectivity index (χ3n) is 5.89. The van der Waals surface area contributed by atoms with Gasteiger partial charge in [-0.3, -0.25) is 4.79 Å². The predicted molar refractivity (Wildman–Crippen MR) is 135 cm³/mol. The molecule has 1 aliphatic rings. The second kappa shape index (κ2) is 11.5. The molecule has 3 aromatic carbocycles. The summed E-state index contributed by atoms with van der Waals surface area (Å²) in [7, 11) is 1.33. The number of carbonyl (C=O) groups is 2. The molecule has 3 aromatic rings. The molecule has 1 heterocycles. The number of hydrogen-bond acceptors (Lipinski definition) is 7. The van der Waals surface area contributed by atoms with E-state index in [4.69, 9.17) is 19.9 Å². The summed E-state index contributed by atoms with van der Waals surface area (Å²) in [5.74, 6) is -0.934. The van der Waals surface area contributed by atoms with Gasteiger partial charge in [-0.15, -0.1) is 0 Å². The summed E-state index contributed by atoms with van der Waals surface area (Å²) >= 11 is 0. The van der Waals surface area contributed by atoms with Crippen molar-refractivity contribution in [3.63, 3.8) is 0 Å². The molecule has 0 aliphatic carbocycles. The molecule has 0 saturated carbocycles. The number of carbonyl (C=O) groups excluding carboxylic acids is 2. The number of para-hydroxylation sites is 2. The maximum absolute atomic E-state index is 13.1. The Kier molecular flexibility index (Phi) is 7.99. The number of allylic oxidation sites excluding steroid dienone is 1. The molecule has 36 heavy (non-hydrogen) atoms. The maximum Gasteiger partial charge on any atom is 0.337 e. The molecule has 8 nitrogen and oxygen atoms in total. The molecule has 2 unspecified atom stereocenters. The van der Waals surface area contributed by atoms with Gasteiger partial charge in [0.15, 0.2) is 5.76 Å². The average molecular weight is 489 g/mol. The van der Waals surface area contributed by atoms with Gasteiger partial charge in [0.05, 0.1) is 37.3 Å². The van der Waals surface area contributed by atoms with E-state index in [2.05, 4.69) is 5.32 Å². The zero-order chi connectivity index (χ0) is 25.5. The van der Waals surface area contributed by atoms with E-state index in [9.17, 15) is 14.7 Å². The van der Waals surface area contributed by atoms with Crippen LogP contribution in [0.5, 0.6) is 0 Å². The van der Waals surface area contributed by atoms with Crippen LogP contribution in [0.3, 0.4) is 0 Å². The number of ether oxygens (including phenoxy) is 3. The van der Waals surface area contributed by atoms with Crippen LogP contribution in [-0.2, 0) is 32.2 Å². The molecular formula is C28H28N2O6. The molecule has 186 valence electrons. The monoisotopic (exact) mass is 488 g/mol. The quantitative estimate of drug-likeness (QED) is 0.322. The fourth-order valence-corrected chi connectivity index (χ4v) is 3.86. The highest BCUT2D eigenvalue weighted by molar-refractivity contribution is 6.04. The Labute approximate surface area is 209 Å². The third kappa shape index (κ3) is 6.10. The number of benzene rings is 3. The molecule has 8 heteroatoms. The minimum atomic E-state index is -0.688. The van der Waals surface area contributed by atoms with Crippen molar-refractivity contribution in [2.24, 2.45) is 0 Å². The highest BCUT2D eigenvalue weighted by Crippen LogP contribution is 2.33. The van der Waals surface area contributed by atoms with Crippen molar-refractivity contribution in [3.8, 4) is 0 Å². The van der Waals surface area contributed by atoms with Gasteiger partial charge < -0.3 is 30.4 Å². The fraction of sp³-hybridized carbons (Fsp3) is 0.214. The van der Waals surface area contributed by atoms with E-state index in [-0.39, 0.29) is 24.9 Å². The van der Waals surface area contributed by atoms with Crippen LogP contribution in [0.1, 0.15) is 39.4 Å². The molecule has 4 N–H and O–H groups in total. The van der Waals surface area contributed by atoms with Crippen LogP contribution in [0.2, 0.25) is 0 Å². The maximum atomic E-state index is 13.1.